The van der Waals surface area contributed by atoms with Crippen LogP contribution in [0, 0.1) is 0 Å². The molecule has 8 nitrogen and oxygen atoms in total. The fraction of sp³-hybridized carbons (Fsp3) is 0.200. The van der Waals surface area contributed by atoms with Crippen LogP contribution < -0.4 is 19.2 Å². The maximum atomic E-state index is 12.6. The van der Waals surface area contributed by atoms with Crippen molar-refractivity contribution >= 4 is 27.3 Å². The van der Waals surface area contributed by atoms with E-state index in [4.69, 9.17) is 9.47 Å². The zero-order valence-corrected chi connectivity index (χ0v) is 20.3. The number of rotatable bonds is 9. The number of carbonyl (C=O) groups excluding carboxylic acids is 1. The summed E-state index contributed by atoms with van der Waals surface area (Å²) in [5, 5.41) is 4.17. The number of hydrogen-bond donors (Lipinski definition) is 1. The molecule has 0 aromatic heterocycles. The van der Waals surface area contributed by atoms with Crippen LogP contribution in [0.3, 0.4) is 0 Å². The first kappa shape index (κ1) is 24.8. The third-order valence-electron chi connectivity index (χ3n) is 5.11. The summed E-state index contributed by atoms with van der Waals surface area (Å²) in [5.74, 6) is 0.737. The van der Waals surface area contributed by atoms with E-state index < -0.39 is 15.9 Å². The summed E-state index contributed by atoms with van der Waals surface area (Å²) in [5.41, 5.74) is 5.54. The number of nitrogens with zero attached hydrogens (tertiary/aromatic N) is 2. The van der Waals surface area contributed by atoms with Gasteiger partial charge in [0.15, 0.2) is 11.5 Å². The molecule has 0 atom stereocenters. The summed E-state index contributed by atoms with van der Waals surface area (Å²) < 4.78 is 36.6. The number of ether oxygens (including phenoxy) is 2. The van der Waals surface area contributed by atoms with E-state index in [2.05, 4.69) is 10.5 Å². The average molecular weight is 482 g/mol. The van der Waals surface area contributed by atoms with Crippen molar-refractivity contribution in [3.8, 4) is 11.5 Å². The molecule has 0 aliphatic heterocycles. The van der Waals surface area contributed by atoms with Crippen LogP contribution in [-0.2, 0) is 16.6 Å². The fourth-order valence-corrected chi connectivity index (χ4v) is 4.14. The first-order chi connectivity index (χ1) is 16.2. The molecule has 1 amide bonds. The van der Waals surface area contributed by atoms with Crippen molar-refractivity contribution in [1.29, 1.82) is 0 Å². The van der Waals surface area contributed by atoms with Gasteiger partial charge in [0.2, 0.25) is 10.0 Å². The van der Waals surface area contributed by atoms with Crippen LogP contribution in [0.25, 0.3) is 0 Å². The smallest absolute Gasteiger partial charge is 0.271 e. The molecule has 0 saturated heterocycles. The van der Waals surface area contributed by atoms with E-state index in [0.717, 1.165) is 17.4 Å². The highest BCUT2D eigenvalue weighted by Crippen LogP contribution is 2.27. The first-order valence-corrected chi connectivity index (χ1v) is 12.3. The van der Waals surface area contributed by atoms with Crippen LogP contribution in [0.1, 0.15) is 28.4 Å². The molecule has 0 saturated carbocycles. The van der Waals surface area contributed by atoms with E-state index in [9.17, 15) is 13.2 Å². The van der Waals surface area contributed by atoms with Gasteiger partial charge >= 0.3 is 0 Å². The topological polar surface area (TPSA) is 97.3 Å². The number of benzene rings is 3. The normalized spacial score (nSPS) is 11.6. The Balaban J connectivity index is 1.74. The molecule has 0 unspecified atom stereocenters. The zero-order chi connectivity index (χ0) is 24.7. The number of hydrogen-bond acceptors (Lipinski definition) is 6. The van der Waals surface area contributed by atoms with Gasteiger partial charge in [0.25, 0.3) is 5.91 Å². The SMILES string of the molecule is COc1ccc(/C(C)=N\NC(=O)c2ccc(N(Cc3ccccc3)S(C)(=O)=O)cc2)cc1OC. The van der Waals surface area contributed by atoms with Gasteiger partial charge in [-0.15, -0.1) is 0 Å². The van der Waals surface area contributed by atoms with Crippen molar-refractivity contribution in [3.05, 3.63) is 89.5 Å². The lowest BCUT2D eigenvalue weighted by molar-refractivity contribution is 0.0955. The third kappa shape index (κ3) is 6.14. The predicted octanol–water partition coefficient (Wildman–Crippen LogP) is 3.82. The highest BCUT2D eigenvalue weighted by Gasteiger charge is 2.18. The number of anilines is 1. The monoisotopic (exact) mass is 481 g/mol. The van der Waals surface area contributed by atoms with E-state index in [0.29, 0.717) is 28.5 Å². The predicted molar refractivity (Wildman–Crippen MR) is 133 cm³/mol. The Morgan fingerprint density at radius 1 is 0.912 bits per heavy atom. The Morgan fingerprint density at radius 3 is 2.12 bits per heavy atom. The summed E-state index contributed by atoms with van der Waals surface area (Å²) in [6, 6.07) is 21.0. The molecule has 0 aliphatic rings. The van der Waals surface area contributed by atoms with Crippen molar-refractivity contribution in [3.63, 3.8) is 0 Å². The number of amides is 1. The number of nitrogens with one attached hydrogen (secondary N) is 1. The minimum atomic E-state index is -3.52. The maximum absolute atomic E-state index is 12.6. The zero-order valence-electron chi connectivity index (χ0n) is 19.5. The number of sulfonamides is 1. The molecular formula is C25H27N3O5S. The minimum absolute atomic E-state index is 0.194. The lowest BCUT2D eigenvalue weighted by atomic mass is 10.1. The molecule has 3 rings (SSSR count). The Hall–Kier alpha value is -3.85. The number of carbonyl (C=O) groups is 1. The van der Waals surface area contributed by atoms with Crippen LogP contribution >= 0.6 is 0 Å². The van der Waals surface area contributed by atoms with E-state index in [1.165, 1.54) is 4.31 Å². The summed E-state index contributed by atoms with van der Waals surface area (Å²) in [6.45, 7) is 1.96. The second-order valence-corrected chi connectivity index (χ2v) is 9.42. The standard InChI is InChI=1S/C25H27N3O5S/c1-18(21-12-15-23(32-2)24(16-21)33-3)26-27-25(29)20-10-13-22(14-11-20)28(34(4,30)31)17-19-8-6-5-7-9-19/h5-16H,17H2,1-4H3,(H,27,29)/b26-18-. The second kappa shape index (κ2) is 10.8. The number of hydrazone groups is 1. The van der Waals surface area contributed by atoms with Gasteiger partial charge in [0.05, 0.1) is 38.4 Å². The van der Waals surface area contributed by atoms with Crippen LogP contribution in [0.4, 0.5) is 5.69 Å². The molecule has 0 aliphatic carbocycles. The first-order valence-electron chi connectivity index (χ1n) is 10.4. The molecule has 0 fully saturated rings. The highest BCUT2D eigenvalue weighted by molar-refractivity contribution is 7.92. The number of methoxy groups -OCH3 is 2. The van der Waals surface area contributed by atoms with Gasteiger partial charge in [0, 0.05) is 11.1 Å². The lowest BCUT2D eigenvalue weighted by Gasteiger charge is -2.22. The molecule has 1 N–H and O–H groups in total. The Bertz CT molecular complexity index is 1270. The van der Waals surface area contributed by atoms with Crippen LogP contribution in [-0.4, -0.2) is 40.5 Å². The van der Waals surface area contributed by atoms with Gasteiger partial charge in [-0.2, -0.15) is 5.10 Å². The molecule has 3 aromatic carbocycles. The molecule has 0 radical (unpaired) electrons. The van der Waals surface area contributed by atoms with E-state index in [1.807, 2.05) is 36.4 Å². The maximum Gasteiger partial charge on any atom is 0.271 e. The second-order valence-electron chi connectivity index (χ2n) is 7.51. The quantitative estimate of drug-likeness (QED) is 0.370. The van der Waals surface area contributed by atoms with Crippen LogP contribution in [0.2, 0.25) is 0 Å². The van der Waals surface area contributed by atoms with Crippen molar-refractivity contribution in [1.82, 2.24) is 5.43 Å². The van der Waals surface area contributed by atoms with Crippen molar-refractivity contribution in [2.75, 3.05) is 24.8 Å². The van der Waals surface area contributed by atoms with E-state index >= 15 is 0 Å². The summed E-state index contributed by atoms with van der Waals surface area (Å²) in [7, 11) is -0.418. The van der Waals surface area contributed by atoms with Gasteiger partial charge in [0.1, 0.15) is 0 Å². The molecule has 0 spiro atoms. The highest BCUT2D eigenvalue weighted by atomic mass is 32.2. The third-order valence-corrected chi connectivity index (χ3v) is 6.25. The summed E-state index contributed by atoms with van der Waals surface area (Å²) >= 11 is 0. The largest absolute Gasteiger partial charge is 0.493 e. The molecule has 34 heavy (non-hydrogen) atoms. The van der Waals surface area contributed by atoms with E-state index in [-0.39, 0.29) is 6.54 Å². The molecular weight excluding hydrogens is 454 g/mol. The molecule has 178 valence electrons. The Labute approximate surface area is 199 Å². The molecule has 3 aromatic rings. The summed E-state index contributed by atoms with van der Waals surface area (Å²) in [6.07, 6.45) is 1.15. The molecule has 0 bridgehead atoms. The Kier molecular flexibility index (Phi) is 7.91. The minimum Gasteiger partial charge on any atom is -0.493 e. The lowest BCUT2D eigenvalue weighted by Crippen LogP contribution is -2.29. The van der Waals surface area contributed by atoms with Crippen molar-refractivity contribution < 1.29 is 22.7 Å². The van der Waals surface area contributed by atoms with Crippen LogP contribution in [0.5, 0.6) is 11.5 Å². The fourth-order valence-electron chi connectivity index (χ4n) is 3.25. The van der Waals surface area contributed by atoms with Gasteiger partial charge in [-0.05, 0) is 55.0 Å². The van der Waals surface area contributed by atoms with Gasteiger partial charge in [-0.25, -0.2) is 13.8 Å². The van der Waals surface area contributed by atoms with Crippen molar-refractivity contribution in [2.45, 2.75) is 13.5 Å². The van der Waals surface area contributed by atoms with Gasteiger partial charge in [-0.1, -0.05) is 30.3 Å². The molecule has 0 heterocycles. The summed E-state index contributed by atoms with van der Waals surface area (Å²) in [4.78, 5) is 12.6. The van der Waals surface area contributed by atoms with E-state index in [1.54, 1.807) is 57.5 Å². The van der Waals surface area contributed by atoms with Gasteiger partial charge < -0.3 is 9.47 Å². The van der Waals surface area contributed by atoms with Crippen molar-refractivity contribution in [2.24, 2.45) is 5.10 Å². The Morgan fingerprint density at radius 2 is 1.53 bits per heavy atom. The van der Waals surface area contributed by atoms with Crippen LogP contribution in [0.15, 0.2) is 77.9 Å². The van der Waals surface area contributed by atoms with Gasteiger partial charge in [-0.3, -0.25) is 9.10 Å². The molecule has 9 heteroatoms. The average Bonchev–Trinajstić information content (AvgIpc) is 2.85.